The summed E-state index contributed by atoms with van der Waals surface area (Å²) in [4.78, 5) is 18.1. The molecule has 0 aliphatic heterocycles. The predicted molar refractivity (Wildman–Crippen MR) is 126 cm³/mol. The largest absolute Gasteiger partial charge is 0.496 e. The third kappa shape index (κ3) is 3.91. The topological polar surface area (TPSA) is 39.2 Å². The van der Waals surface area contributed by atoms with Crippen molar-refractivity contribution in [3.8, 4) is 16.9 Å². The van der Waals surface area contributed by atoms with Gasteiger partial charge in [-0.05, 0) is 48.9 Å². The number of para-hydroxylation sites is 1. The van der Waals surface area contributed by atoms with E-state index in [0.29, 0.717) is 11.3 Å². The first-order valence-corrected chi connectivity index (χ1v) is 10.4. The highest BCUT2D eigenvalue weighted by atomic mass is 79.9. The maximum Gasteiger partial charge on any atom is 0.188 e. The number of ketones is 1. The molecule has 4 aromatic rings. The minimum atomic E-state index is -0.0911. The quantitative estimate of drug-likeness (QED) is 0.242. The van der Waals surface area contributed by atoms with Crippen LogP contribution >= 0.6 is 15.9 Å². The number of carbonyl (C=O) groups is 1. The predicted octanol–water partition coefficient (Wildman–Crippen LogP) is 6.88. The van der Waals surface area contributed by atoms with E-state index in [0.717, 1.165) is 37.8 Å². The van der Waals surface area contributed by atoms with Gasteiger partial charge in [0, 0.05) is 26.7 Å². The molecule has 0 atom stereocenters. The molecule has 30 heavy (non-hydrogen) atoms. The minimum Gasteiger partial charge on any atom is -0.496 e. The van der Waals surface area contributed by atoms with Crippen LogP contribution in [0.15, 0.2) is 83.3 Å². The van der Waals surface area contributed by atoms with E-state index in [9.17, 15) is 4.79 Å². The summed E-state index contributed by atoms with van der Waals surface area (Å²) in [6, 6.07) is 23.5. The molecule has 0 aliphatic rings. The summed E-state index contributed by atoms with van der Waals surface area (Å²) in [7, 11) is 1.62. The molecule has 4 rings (SSSR count). The average Bonchev–Trinajstić information content (AvgIpc) is 2.77. The molecule has 0 N–H and O–H groups in total. The number of rotatable bonds is 5. The van der Waals surface area contributed by atoms with Crippen LogP contribution in [0.2, 0.25) is 0 Å². The number of hydrogen-bond donors (Lipinski definition) is 0. The van der Waals surface area contributed by atoms with Gasteiger partial charge in [0.15, 0.2) is 5.78 Å². The van der Waals surface area contributed by atoms with Crippen LogP contribution in [0.4, 0.5) is 0 Å². The van der Waals surface area contributed by atoms with Crippen molar-refractivity contribution in [2.75, 3.05) is 7.11 Å². The van der Waals surface area contributed by atoms with Gasteiger partial charge >= 0.3 is 0 Å². The fraction of sp³-hybridized carbons (Fsp3) is 0.0769. The lowest BCUT2D eigenvalue weighted by Gasteiger charge is -2.14. The molecule has 3 nitrogen and oxygen atoms in total. The molecule has 0 radical (unpaired) electrons. The Labute approximate surface area is 184 Å². The number of hydrogen-bond acceptors (Lipinski definition) is 3. The number of aromatic nitrogens is 1. The maximum absolute atomic E-state index is 13.4. The van der Waals surface area contributed by atoms with E-state index < -0.39 is 0 Å². The van der Waals surface area contributed by atoms with Crippen LogP contribution in [-0.4, -0.2) is 17.9 Å². The molecule has 0 fully saturated rings. The smallest absolute Gasteiger partial charge is 0.188 e. The monoisotopic (exact) mass is 457 g/mol. The number of allylic oxidation sites excluding steroid dienone is 1. The average molecular weight is 458 g/mol. The van der Waals surface area contributed by atoms with E-state index in [1.54, 1.807) is 19.3 Å². The van der Waals surface area contributed by atoms with E-state index in [2.05, 4.69) is 15.9 Å². The summed E-state index contributed by atoms with van der Waals surface area (Å²) in [5.74, 6) is 0.633. The lowest BCUT2D eigenvalue weighted by molar-refractivity contribution is 0.104. The molecule has 4 heteroatoms. The summed E-state index contributed by atoms with van der Waals surface area (Å²) < 4.78 is 6.34. The van der Waals surface area contributed by atoms with Crippen molar-refractivity contribution in [2.24, 2.45) is 0 Å². The van der Waals surface area contributed by atoms with Gasteiger partial charge in [-0.3, -0.25) is 9.78 Å². The van der Waals surface area contributed by atoms with Crippen LogP contribution in [-0.2, 0) is 0 Å². The van der Waals surface area contributed by atoms with Gasteiger partial charge in [0.2, 0.25) is 0 Å². The third-order valence-corrected chi connectivity index (χ3v) is 5.48. The first-order valence-electron chi connectivity index (χ1n) is 9.59. The number of fused-ring (bicyclic) bond motifs is 1. The minimum absolute atomic E-state index is 0.0911. The first-order chi connectivity index (χ1) is 14.6. The van der Waals surface area contributed by atoms with Gasteiger partial charge in [0.25, 0.3) is 0 Å². The Morgan fingerprint density at radius 3 is 2.50 bits per heavy atom. The van der Waals surface area contributed by atoms with E-state index in [4.69, 9.17) is 9.72 Å². The second-order valence-corrected chi connectivity index (χ2v) is 7.83. The Kier molecular flexibility index (Phi) is 5.77. The first kappa shape index (κ1) is 20.0. The van der Waals surface area contributed by atoms with Gasteiger partial charge in [-0.1, -0.05) is 64.5 Å². The van der Waals surface area contributed by atoms with E-state index >= 15 is 0 Å². The molecule has 0 spiro atoms. The number of halogens is 1. The second-order valence-electron chi connectivity index (χ2n) is 6.91. The van der Waals surface area contributed by atoms with Crippen LogP contribution in [0.25, 0.3) is 28.1 Å². The lowest BCUT2D eigenvalue weighted by atomic mass is 9.92. The number of aryl methyl sites for hydroxylation is 1. The van der Waals surface area contributed by atoms with Gasteiger partial charge in [-0.2, -0.15) is 0 Å². The number of benzene rings is 3. The van der Waals surface area contributed by atoms with Crippen molar-refractivity contribution in [1.29, 1.82) is 0 Å². The van der Waals surface area contributed by atoms with E-state index in [1.165, 1.54) is 0 Å². The number of methoxy groups -OCH3 is 1. The lowest BCUT2D eigenvalue weighted by Crippen LogP contribution is -2.05. The SMILES string of the molecule is COc1ccccc1/C=C/C(=O)c1c(C)nc2ccc(Br)cc2c1-c1ccccc1. The Hall–Kier alpha value is -3.24. The normalized spacial score (nSPS) is 11.2. The molecular formula is C26H20BrNO2. The van der Waals surface area contributed by atoms with Gasteiger partial charge in [0.1, 0.15) is 5.75 Å². The van der Waals surface area contributed by atoms with Crippen LogP contribution in [0.1, 0.15) is 21.6 Å². The van der Waals surface area contributed by atoms with E-state index in [-0.39, 0.29) is 5.78 Å². The van der Waals surface area contributed by atoms with Gasteiger partial charge in [0.05, 0.1) is 18.2 Å². The summed E-state index contributed by atoms with van der Waals surface area (Å²) in [6.45, 7) is 1.89. The van der Waals surface area contributed by atoms with Crippen molar-refractivity contribution in [1.82, 2.24) is 4.98 Å². The number of ether oxygens (including phenoxy) is 1. The van der Waals surface area contributed by atoms with Crippen LogP contribution in [0.5, 0.6) is 5.75 Å². The molecule has 0 saturated heterocycles. The molecule has 3 aromatic carbocycles. The Morgan fingerprint density at radius 1 is 1.00 bits per heavy atom. The second kappa shape index (κ2) is 8.64. The zero-order valence-electron chi connectivity index (χ0n) is 16.7. The Balaban J connectivity index is 1.91. The fourth-order valence-electron chi connectivity index (χ4n) is 3.62. The summed E-state index contributed by atoms with van der Waals surface area (Å²) in [5.41, 5.74) is 4.91. The third-order valence-electron chi connectivity index (χ3n) is 4.99. The van der Waals surface area contributed by atoms with Crippen molar-refractivity contribution in [3.05, 3.63) is 100 Å². The highest BCUT2D eigenvalue weighted by Gasteiger charge is 2.19. The zero-order chi connectivity index (χ0) is 21.1. The van der Waals surface area contributed by atoms with Crippen molar-refractivity contribution < 1.29 is 9.53 Å². The van der Waals surface area contributed by atoms with Crippen molar-refractivity contribution in [2.45, 2.75) is 6.92 Å². The molecule has 148 valence electrons. The molecule has 1 aromatic heterocycles. The highest BCUT2D eigenvalue weighted by Crippen LogP contribution is 2.35. The Bertz CT molecular complexity index is 1260. The van der Waals surface area contributed by atoms with Crippen molar-refractivity contribution in [3.63, 3.8) is 0 Å². The zero-order valence-corrected chi connectivity index (χ0v) is 18.3. The number of pyridine rings is 1. The molecule has 0 aliphatic carbocycles. The molecule has 1 heterocycles. The number of carbonyl (C=O) groups excluding carboxylic acids is 1. The maximum atomic E-state index is 13.4. The Morgan fingerprint density at radius 2 is 1.73 bits per heavy atom. The molecule has 0 amide bonds. The molecule has 0 bridgehead atoms. The van der Waals surface area contributed by atoms with Crippen molar-refractivity contribution >= 4 is 38.7 Å². The standard InChI is InChI=1S/C26H20BrNO2/c1-17-25(23(29)15-12-18-8-6-7-11-24(18)30-2)26(19-9-4-3-5-10-19)21-16-20(27)13-14-22(21)28-17/h3-16H,1-2H3/b15-12+. The molecular weight excluding hydrogens is 438 g/mol. The number of nitrogens with zero attached hydrogens (tertiary/aromatic N) is 1. The van der Waals surface area contributed by atoms with Gasteiger partial charge < -0.3 is 4.74 Å². The summed E-state index contributed by atoms with van der Waals surface area (Å²) in [6.07, 6.45) is 3.39. The highest BCUT2D eigenvalue weighted by molar-refractivity contribution is 9.10. The summed E-state index contributed by atoms with van der Waals surface area (Å²) in [5, 5.41) is 0.940. The summed E-state index contributed by atoms with van der Waals surface area (Å²) >= 11 is 3.56. The molecule has 0 saturated carbocycles. The van der Waals surface area contributed by atoms with Crippen LogP contribution < -0.4 is 4.74 Å². The van der Waals surface area contributed by atoms with Crippen LogP contribution in [0.3, 0.4) is 0 Å². The van der Waals surface area contributed by atoms with E-state index in [1.807, 2.05) is 79.7 Å². The van der Waals surface area contributed by atoms with Gasteiger partial charge in [-0.15, -0.1) is 0 Å². The van der Waals surface area contributed by atoms with Gasteiger partial charge in [-0.25, -0.2) is 0 Å². The fourth-order valence-corrected chi connectivity index (χ4v) is 3.98. The van der Waals surface area contributed by atoms with Crippen LogP contribution in [0, 0.1) is 6.92 Å². The molecule has 0 unspecified atom stereocenters.